The lowest BCUT2D eigenvalue weighted by molar-refractivity contribution is 0.350. The van der Waals surface area contributed by atoms with Crippen LogP contribution in [-0.4, -0.2) is 35.2 Å². The molecule has 1 aliphatic carbocycles. The maximum Gasteiger partial charge on any atom is 0.243 e. The van der Waals surface area contributed by atoms with Gasteiger partial charge in [-0.05, 0) is 18.8 Å². The molecule has 0 radical (unpaired) electrons. The quantitative estimate of drug-likeness (QED) is 0.769. The molecule has 0 spiro atoms. The van der Waals surface area contributed by atoms with Crippen molar-refractivity contribution in [2.45, 2.75) is 23.8 Å². The maximum atomic E-state index is 14.0. The predicted molar refractivity (Wildman–Crippen MR) is 82.6 cm³/mol. The lowest BCUT2D eigenvalue weighted by Crippen LogP contribution is -2.41. The molecule has 1 saturated carbocycles. The smallest absolute Gasteiger partial charge is 0.243 e. The molecule has 0 amide bonds. The van der Waals surface area contributed by atoms with Crippen molar-refractivity contribution in [2.75, 3.05) is 20.8 Å². The predicted octanol–water partition coefficient (Wildman–Crippen LogP) is 1.28. The zero-order valence-electron chi connectivity index (χ0n) is 12.3. The van der Waals surface area contributed by atoms with Crippen molar-refractivity contribution >= 4 is 22.4 Å². The molecule has 126 valence electrons. The summed E-state index contributed by atoms with van der Waals surface area (Å²) in [5.41, 5.74) is 5.57. The fourth-order valence-electron chi connectivity index (χ4n) is 2.14. The van der Waals surface area contributed by atoms with Crippen molar-refractivity contribution in [3.63, 3.8) is 0 Å². The van der Waals surface area contributed by atoms with Crippen LogP contribution in [0.25, 0.3) is 0 Å². The van der Waals surface area contributed by atoms with Crippen LogP contribution >= 0.6 is 12.4 Å². The summed E-state index contributed by atoms with van der Waals surface area (Å²) in [5.74, 6) is -0.388. The number of nitrogens with two attached hydrogens (primary N) is 1. The summed E-state index contributed by atoms with van der Waals surface area (Å²) in [5, 5.41) is 0. The van der Waals surface area contributed by atoms with E-state index in [1.165, 1.54) is 14.2 Å². The van der Waals surface area contributed by atoms with Crippen molar-refractivity contribution in [3.8, 4) is 11.5 Å². The summed E-state index contributed by atoms with van der Waals surface area (Å²) in [6, 6.07) is 1.72. The minimum absolute atomic E-state index is 0. The molecule has 1 aliphatic rings. The van der Waals surface area contributed by atoms with E-state index >= 15 is 0 Å². The van der Waals surface area contributed by atoms with Crippen LogP contribution in [0.4, 0.5) is 4.39 Å². The lowest BCUT2D eigenvalue weighted by atomic mass is 10.2. The van der Waals surface area contributed by atoms with Crippen LogP contribution in [0.3, 0.4) is 0 Å². The third-order valence-electron chi connectivity index (χ3n) is 3.48. The van der Waals surface area contributed by atoms with Gasteiger partial charge in [-0.15, -0.1) is 12.4 Å². The second kappa shape index (κ2) is 7.45. The summed E-state index contributed by atoms with van der Waals surface area (Å²) in [6.45, 7) is 0.179. The van der Waals surface area contributed by atoms with Crippen molar-refractivity contribution in [3.05, 3.63) is 17.9 Å². The van der Waals surface area contributed by atoms with E-state index in [1.54, 1.807) is 0 Å². The van der Waals surface area contributed by atoms with Crippen LogP contribution in [0.5, 0.6) is 11.5 Å². The fraction of sp³-hybridized carbons (Fsp3) is 0.538. The molecule has 22 heavy (non-hydrogen) atoms. The molecule has 6 nitrogen and oxygen atoms in total. The molecule has 1 fully saturated rings. The molecule has 9 heteroatoms. The molecule has 1 aromatic carbocycles. The molecule has 0 bridgehead atoms. The normalized spacial score (nSPS) is 15.8. The number of hydrogen-bond donors (Lipinski definition) is 2. The summed E-state index contributed by atoms with van der Waals surface area (Å²) in [7, 11) is -1.30. The van der Waals surface area contributed by atoms with E-state index in [1.807, 2.05) is 0 Å². The van der Waals surface area contributed by atoms with Gasteiger partial charge >= 0.3 is 0 Å². The highest BCUT2D eigenvalue weighted by atomic mass is 35.5. The molecule has 1 unspecified atom stereocenters. The summed E-state index contributed by atoms with van der Waals surface area (Å²) in [6.07, 6.45) is 1.86. The molecular formula is C13H20ClFN2O4S. The summed E-state index contributed by atoms with van der Waals surface area (Å²) >= 11 is 0. The summed E-state index contributed by atoms with van der Waals surface area (Å²) in [4.78, 5) is -0.473. The average molecular weight is 355 g/mol. The Bertz CT molecular complexity index is 623. The van der Waals surface area contributed by atoms with Crippen LogP contribution in [-0.2, 0) is 10.0 Å². The largest absolute Gasteiger partial charge is 0.493 e. The Morgan fingerprint density at radius 2 is 1.86 bits per heavy atom. The lowest BCUT2D eigenvalue weighted by Gasteiger charge is -2.17. The molecule has 0 heterocycles. The SMILES string of the molecule is COc1cc(F)c(S(=O)(=O)NC(CN)C2CC2)cc1OC.Cl. The number of halogens is 2. The van der Waals surface area contributed by atoms with Gasteiger partial charge in [0, 0.05) is 24.7 Å². The average Bonchev–Trinajstić information content (AvgIpc) is 3.28. The second-order valence-electron chi connectivity index (χ2n) is 4.94. The molecule has 0 aromatic heterocycles. The van der Waals surface area contributed by atoms with Crippen LogP contribution < -0.4 is 19.9 Å². The van der Waals surface area contributed by atoms with Gasteiger partial charge in [-0.3, -0.25) is 0 Å². The van der Waals surface area contributed by atoms with E-state index in [2.05, 4.69) is 4.72 Å². The molecule has 1 aromatic rings. The van der Waals surface area contributed by atoms with E-state index in [0.29, 0.717) is 0 Å². The van der Waals surface area contributed by atoms with Gasteiger partial charge in [0.15, 0.2) is 11.5 Å². The van der Waals surface area contributed by atoms with E-state index in [-0.39, 0.29) is 42.4 Å². The zero-order valence-corrected chi connectivity index (χ0v) is 14.0. The molecule has 0 saturated heterocycles. The van der Waals surface area contributed by atoms with Gasteiger partial charge in [0.2, 0.25) is 10.0 Å². The Morgan fingerprint density at radius 1 is 1.32 bits per heavy atom. The van der Waals surface area contributed by atoms with E-state index in [4.69, 9.17) is 15.2 Å². The Hall–Kier alpha value is -1.09. The van der Waals surface area contributed by atoms with Crippen LogP contribution in [0.15, 0.2) is 17.0 Å². The Balaban J connectivity index is 0.00000242. The second-order valence-corrected chi connectivity index (χ2v) is 6.62. The van der Waals surface area contributed by atoms with Gasteiger partial charge in [0.05, 0.1) is 14.2 Å². The van der Waals surface area contributed by atoms with Crippen LogP contribution in [0, 0.1) is 11.7 Å². The van der Waals surface area contributed by atoms with Gasteiger partial charge in [0.25, 0.3) is 0 Å². The van der Waals surface area contributed by atoms with Gasteiger partial charge in [0.1, 0.15) is 10.7 Å². The molecule has 1 atom stereocenters. The first kappa shape index (κ1) is 19.0. The van der Waals surface area contributed by atoms with E-state index < -0.39 is 20.7 Å². The number of benzene rings is 1. The summed E-state index contributed by atoms with van der Waals surface area (Å²) < 4.78 is 51.1. The number of methoxy groups -OCH3 is 2. The number of rotatable bonds is 7. The topological polar surface area (TPSA) is 90.7 Å². The van der Waals surface area contributed by atoms with Crippen molar-refractivity contribution < 1.29 is 22.3 Å². The molecule has 0 aliphatic heterocycles. The van der Waals surface area contributed by atoms with Gasteiger partial charge < -0.3 is 15.2 Å². The van der Waals surface area contributed by atoms with Gasteiger partial charge in [-0.1, -0.05) is 0 Å². The van der Waals surface area contributed by atoms with Crippen molar-refractivity contribution in [1.29, 1.82) is 0 Å². The Labute approximate surface area is 135 Å². The highest BCUT2D eigenvalue weighted by Crippen LogP contribution is 2.35. The van der Waals surface area contributed by atoms with Crippen LogP contribution in [0.2, 0.25) is 0 Å². The van der Waals surface area contributed by atoms with Crippen molar-refractivity contribution in [1.82, 2.24) is 4.72 Å². The fourth-order valence-corrected chi connectivity index (χ4v) is 3.53. The molecule has 2 rings (SSSR count). The molecular weight excluding hydrogens is 335 g/mol. The zero-order chi connectivity index (χ0) is 15.6. The minimum Gasteiger partial charge on any atom is -0.493 e. The third-order valence-corrected chi connectivity index (χ3v) is 4.98. The number of nitrogens with one attached hydrogen (secondary N) is 1. The Kier molecular flexibility index (Phi) is 6.42. The standard InChI is InChI=1S/C13H19FN2O4S.ClH/c1-19-11-5-9(14)13(6-12(11)20-2)21(17,18)16-10(7-15)8-3-4-8;/h5-6,8,10,16H,3-4,7,15H2,1-2H3;1H. The number of hydrogen-bond acceptors (Lipinski definition) is 5. The van der Waals surface area contributed by atoms with Gasteiger partial charge in [-0.2, -0.15) is 0 Å². The van der Waals surface area contributed by atoms with Crippen LogP contribution in [0.1, 0.15) is 12.8 Å². The van der Waals surface area contributed by atoms with Gasteiger partial charge in [-0.25, -0.2) is 17.5 Å². The first-order chi connectivity index (χ1) is 9.92. The van der Waals surface area contributed by atoms with E-state index in [9.17, 15) is 12.8 Å². The number of ether oxygens (including phenoxy) is 2. The van der Waals surface area contributed by atoms with E-state index in [0.717, 1.165) is 25.0 Å². The first-order valence-electron chi connectivity index (χ1n) is 6.57. The van der Waals surface area contributed by atoms with Crippen molar-refractivity contribution in [2.24, 2.45) is 11.7 Å². The highest BCUT2D eigenvalue weighted by molar-refractivity contribution is 7.89. The third kappa shape index (κ3) is 4.01. The minimum atomic E-state index is -4.01. The maximum absolute atomic E-state index is 14.0. The first-order valence-corrected chi connectivity index (χ1v) is 8.05. The number of sulfonamides is 1. The molecule has 3 N–H and O–H groups in total. The Morgan fingerprint density at radius 3 is 2.32 bits per heavy atom. The monoisotopic (exact) mass is 354 g/mol. The highest BCUT2D eigenvalue weighted by Gasteiger charge is 2.34.